The second kappa shape index (κ2) is 7.87. The molecule has 4 rings (SSSR count). The molecular weight excluding hydrogens is 395 g/mol. The van der Waals surface area contributed by atoms with Gasteiger partial charge in [0.25, 0.3) is 0 Å². The second-order valence-corrected chi connectivity index (χ2v) is 7.39. The van der Waals surface area contributed by atoms with Gasteiger partial charge < -0.3 is 14.6 Å². The number of ether oxygens (including phenoxy) is 1. The molecule has 1 fully saturated rings. The zero-order valence-electron chi connectivity index (χ0n) is 15.9. The number of carbonyl (C=O) groups is 1. The predicted octanol–water partition coefficient (Wildman–Crippen LogP) is 4.92. The fourth-order valence-corrected chi connectivity index (χ4v) is 3.66. The van der Waals surface area contributed by atoms with Crippen LogP contribution in [-0.2, 0) is 11.3 Å². The van der Waals surface area contributed by atoms with Crippen molar-refractivity contribution in [2.75, 3.05) is 11.9 Å². The fourth-order valence-electron chi connectivity index (χ4n) is 3.41. The van der Waals surface area contributed by atoms with E-state index in [4.69, 9.17) is 16.3 Å². The minimum Gasteiger partial charge on any atom is -0.462 e. The molecule has 0 bridgehead atoms. The third-order valence-electron chi connectivity index (χ3n) is 4.95. The molecule has 0 saturated heterocycles. The summed E-state index contributed by atoms with van der Waals surface area (Å²) in [4.78, 5) is 25.6. The highest BCUT2D eigenvalue weighted by Gasteiger charge is 2.30. The van der Waals surface area contributed by atoms with E-state index in [1.807, 2.05) is 30.3 Å². The summed E-state index contributed by atoms with van der Waals surface area (Å²) >= 11 is 6.28. The number of rotatable bonds is 6. The highest BCUT2D eigenvalue weighted by Crippen LogP contribution is 2.40. The Labute approximate surface area is 172 Å². The Balaban J connectivity index is 1.92. The molecular formula is C22H20ClFN2O3. The first-order valence-corrected chi connectivity index (χ1v) is 9.90. The first-order valence-electron chi connectivity index (χ1n) is 9.53. The van der Waals surface area contributed by atoms with Crippen molar-refractivity contribution in [3.05, 3.63) is 74.8 Å². The van der Waals surface area contributed by atoms with Crippen LogP contribution in [0.4, 0.5) is 10.1 Å². The minimum absolute atomic E-state index is 0.0725. The lowest BCUT2D eigenvalue weighted by molar-refractivity contribution is 0.0524. The predicted molar refractivity (Wildman–Crippen MR) is 111 cm³/mol. The molecule has 0 radical (unpaired) electrons. The Bertz CT molecular complexity index is 1140. The van der Waals surface area contributed by atoms with E-state index in [1.54, 1.807) is 11.5 Å². The van der Waals surface area contributed by atoms with Gasteiger partial charge in [0.05, 0.1) is 23.2 Å². The molecule has 0 spiro atoms. The molecule has 0 amide bonds. The van der Waals surface area contributed by atoms with Gasteiger partial charge >= 0.3 is 5.97 Å². The van der Waals surface area contributed by atoms with Crippen molar-refractivity contribution >= 4 is 34.2 Å². The number of anilines is 1. The number of halogens is 2. The van der Waals surface area contributed by atoms with E-state index in [0.29, 0.717) is 17.7 Å². The maximum absolute atomic E-state index is 14.6. The molecule has 1 N–H and O–H groups in total. The van der Waals surface area contributed by atoms with Crippen molar-refractivity contribution in [1.29, 1.82) is 0 Å². The van der Waals surface area contributed by atoms with Crippen molar-refractivity contribution < 1.29 is 13.9 Å². The number of aromatic nitrogens is 1. The van der Waals surface area contributed by atoms with E-state index in [0.717, 1.165) is 18.4 Å². The molecule has 0 aliphatic heterocycles. The summed E-state index contributed by atoms with van der Waals surface area (Å²) in [5.74, 6) is -1.31. The van der Waals surface area contributed by atoms with E-state index < -0.39 is 17.2 Å². The van der Waals surface area contributed by atoms with Crippen molar-refractivity contribution in [2.45, 2.75) is 32.4 Å². The summed E-state index contributed by atoms with van der Waals surface area (Å²) in [6.45, 7) is 2.23. The van der Waals surface area contributed by atoms with Crippen LogP contribution < -0.4 is 10.7 Å². The Hall–Kier alpha value is -2.86. The van der Waals surface area contributed by atoms with E-state index >= 15 is 0 Å². The molecule has 0 atom stereocenters. The summed E-state index contributed by atoms with van der Waals surface area (Å²) in [7, 11) is 0. The minimum atomic E-state index is -0.691. The molecule has 1 aliphatic rings. The van der Waals surface area contributed by atoms with Gasteiger partial charge in [-0.1, -0.05) is 41.9 Å². The van der Waals surface area contributed by atoms with Crippen molar-refractivity contribution in [3.63, 3.8) is 0 Å². The van der Waals surface area contributed by atoms with E-state index in [9.17, 15) is 14.0 Å². The molecule has 2 aromatic carbocycles. The Morgan fingerprint density at radius 1 is 1.31 bits per heavy atom. The van der Waals surface area contributed by atoms with Crippen LogP contribution in [0.5, 0.6) is 0 Å². The van der Waals surface area contributed by atoms with Crippen LogP contribution in [-0.4, -0.2) is 17.1 Å². The van der Waals surface area contributed by atoms with Gasteiger partial charge in [-0.15, -0.1) is 0 Å². The molecule has 1 aromatic heterocycles. The van der Waals surface area contributed by atoms with Gasteiger partial charge in [-0.25, -0.2) is 9.18 Å². The summed E-state index contributed by atoms with van der Waals surface area (Å²) in [6, 6.07) is 10.8. The average Bonchev–Trinajstić information content (AvgIpc) is 3.55. The SMILES string of the molecule is CCOC(=O)c1cn(C2CC2)c2c(Cl)c(F)cc(NCc3ccccc3)c2c1=O. The van der Waals surface area contributed by atoms with Crippen LogP contribution in [0.2, 0.25) is 5.02 Å². The van der Waals surface area contributed by atoms with Crippen LogP contribution >= 0.6 is 11.6 Å². The highest BCUT2D eigenvalue weighted by atomic mass is 35.5. The van der Waals surface area contributed by atoms with Gasteiger partial charge in [-0.05, 0) is 31.4 Å². The molecule has 1 aliphatic carbocycles. The Kier molecular flexibility index (Phi) is 5.28. The van der Waals surface area contributed by atoms with E-state index in [2.05, 4.69) is 5.32 Å². The van der Waals surface area contributed by atoms with Gasteiger partial charge in [-0.3, -0.25) is 4.79 Å². The standard InChI is InChI=1S/C22H20ClFN2O3/c1-2-29-22(28)15-12-26(14-8-9-14)20-18(21(15)27)17(10-16(24)19(20)23)25-11-13-6-4-3-5-7-13/h3-7,10,12,14,25H,2,8-9,11H2,1H3. The number of esters is 1. The maximum Gasteiger partial charge on any atom is 0.343 e. The van der Waals surface area contributed by atoms with Gasteiger partial charge in [0, 0.05) is 18.8 Å². The number of fused-ring (bicyclic) bond motifs is 1. The normalized spacial score (nSPS) is 13.5. The number of hydrogen-bond donors (Lipinski definition) is 1. The van der Waals surface area contributed by atoms with Crippen molar-refractivity contribution in [1.82, 2.24) is 4.57 Å². The quantitative estimate of drug-likeness (QED) is 0.582. The lowest BCUT2D eigenvalue weighted by atomic mass is 10.1. The topological polar surface area (TPSA) is 60.3 Å². The van der Waals surface area contributed by atoms with Crippen molar-refractivity contribution in [2.24, 2.45) is 0 Å². The van der Waals surface area contributed by atoms with Gasteiger partial charge in [-0.2, -0.15) is 0 Å². The number of pyridine rings is 1. The lowest BCUT2D eigenvalue weighted by Gasteiger charge is -2.17. The zero-order chi connectivity index (χ0) is 20.5. The van der Waals surface area contributed by atoms with Crippen molar-refractivity contribution in [3.8, 4) is 0 Å². The first-order chi connectivity index (χ1) is 14.0. The molecule has 29 heavy (non-hydrogen) atoms. The third kappa shape index (κ3) is 3.72. The lowest BCUT2D eigenvalue weighted by Crippen LogP contribution is -2.22. The molecule has 150 valence electrons. The number of nitrogens with zero attached hydrogens (tertiary/aromatic N) is 1. The van der Waals surface area contributed by atoms with Crippen LogP contribution in [0.3, 0.4) is 0 Å². The highest BCUT2D eigenvalue weighted by molar-refractivity contribution is 6.35. The van der Waals surface area contributed by atoms with E-state index in [-0.39, 0.29) is 28.6 Å². The summed E-state index contributed by atoms with van der Waals surface area (Å²) in [5.41, 5.74) is 0.989. The van der Waals surface area contributed by atoms with Gasteiger partial charge in [0.15, 0.2) is 0 Å². The first kappa shape index (κ1) is 19.5. The van der Waals surface area contributed by atoms with Crippen LogP contribution in [0.1, 0.15) is 41.7 Å². The Morgan fingerprint density at radius 3 is 2.69 bits per heavy atom. The molecule has 7 heteroatoms. The van der Waals surface area contributed by atoms with Crippen LogP contribution in [0, 0.1) is 5.82 Å². The molecule has 3 aromatic rings. The number of benzene rings is 2. The largest absolute Gasteiger partial charge is 0.462 e. The maximum atomic E-state index is 14.6. The molecule has 5 nitrogen and oxygen atoms in total. The summed E-state index contributed by atoms with van der Waals surface area (Å²) in [6.07, 6.45) is 3.20. The third-order valence-corrected chi connectivity index (χ3v) is 5.31. The van der Waals surface area contributed by atoms with Crippen LogP contribution in [0.15, 0.2) is 47.4 Å². The zero-order valence-corrected chi connectivity index (χ0v) is 16.6. The van der Waals surface area contributed by atoms with Crippen LogP contribution in [0.25, 0.3) is 10.9 Å². The number of carbonyl (C=O) groups excluding carboxylic acids is 1. The fraction of sp³-hybridized carbons (Fsp3) is 0.273. The summed E-state index contributed by atoms with van der Waals surface area (Å²) < 4.78 is 21.4. The average molecular weight is 415 g/mol. The van der Waals surface area contributed by atoms with Gasteiger partial charge in [0.1, 0.15) is 16.4 Å². The number of hydrogen-bond acceptors (Lipinski definition) is 4. The molecule has 1 saturated carbocycles. The molecule has 1 heterocycles. The Morgan fingerprint density at radius 2 is 2.03 bits per heavy atom. The van der Waals surface area contributed by atoms with Gasteiger partial charge in [0.2, 0.25) is 5.43 Å². The number of nitrogens with one attached hydrogen (secondary N) is 1. The van der Waals surface area contributed by atoms with E-state index in [1.165, 1.54) is 12.3 Å². The summed E-state index contributed by atoms with van der Waals surface area (Å²) in [5, 5.41) is 3.21. The second-order valence-electron chi connectivity index (χ2n) is 7.01. The smallest absolute Gasteiger partial charge is 0.343 e. The monoisotopic (exact) mass is 414 g/mol. The molecule has 0 unspecified atom stereocenters.